The van der Waals surface area contributed by atoms with E-state index in [1.165, 1.54) is 76.2 Å². The molecule has 32 heteroatoms. The highest BCUT2D eigenvalue weighted by molar-refractivity contribution is 8.22. The van der Waals surface area contributed by atoms with Crippen molar-refractivity contribution in [2.75, 3.05) is 25.5 Å². The van der Waals surface area contributed by atoms with E-state index in [9.17, 15) is 38.4 Å². The molecule has 10 rings (SSSR count). The van der Waals surface area contributed by atoms with Gasteiger partial charge in [-0.05, 0) is 141 Å². The molecule has 0 bridgehead atoms. The Morgan fingerprint density at radius 3 is 1.02 bits per heavy atom. The van der Waals surface area contributed by atoms with Crippen molar-refractivity contribution in [1.82, 2.24) is 57.7 Å². The summed E-state index contributed by atoms with van der Waals surface area (Å²) in [4.78, 5) is 209. The number of fused-ring (bicyclic) bond motifs is 6. The summed E-state index contributed by atoms with van der Waals surface area (Å²) < 4.78 is 13.1. The van der Waals surface area contributed by atoms with Crippen LogP contribution in [0.25, 0.3) is 22.3 Å². The van der Waals surface area contributed by atoms with E-state index in [0.717, 1.165) is 44.5 Å². The molecule has 0 aromatic heterocycles. The Hall–Kier alpha value is -12.4. The van der Waals surface area contributed by atoms with E-state index in [0.29, 0.717) is 31.0 Å². The van der Waals surface area contributed by atoms with Crippen LogP contribution in [0.15, 0.2) is 218 Å². The van der Waals surface area contributed by atoms with E-state index in [-0.39, 0.29) is 0 Å². The summed E-state index contributed by atoms with van der Waals surface area (Å²) >= 11 is 14.0. The Labute approximate surface area is 737 Å². The standard InChI is InChI=1S/C93H106N12O16P2S2/c1-54(2)78(101-81(109)57(5)100-89(117)93(12,13)102-82(110)58(6)95-61(9)106)85(113)97-56(4)80(108)98-60(8)86(114)105(91(119)121-51-75-72-48-32-28-44-68(72)69-45-29-33-49-73(69)75)77(53-123(125,64-38-22-16-23-39-64)65-40-24-17-25-41-65)87(115)104(90(118)120-50-74-70-46-30-26-42-66(70)67-43-27-31-47-71(67)74)76(52-122(124,62-34-18-14-19-35-62)63-36-20-15-21-37-63)84(112)96-59(7)83(111)103-92(10,11)88(116)99-55(3)79(94)107/h14-49,54-60,74-78H,50-53H2,1-13H3,(H2,94,107)(H,95,106)(H,96,112)(H,97,113)(H,98,108)(H,99,116)(H,100,117)(H,101,109)(H,102,110)(H,103,111)/t55-,56-,57-,58-,59-,60-,76-,77-,78-/m0/s1. The number of carbonyl (C=O) groups is 14. The fourth-order valence-electron chi connectivity index (χ4n) is 15.0. The highest BCUT2D eigenvalue weighted by atomic mass is 32.4. The van der Waals surface area contributed by atoms with E-state index in [1.54, 1.807) is 135 Å². The maximum atomic E-state index is 18.1. The van der Waals surface area contributed by atoms with Crippen molar-refractivity contribution in [3.63, 3.8) is 0 Å². The van der Waals surface area contributed by atoms with Crippen LogP contribution >= 0.6 is 12.1 Å². The van der Waals surface area contributed by atoms with E-state index >= 15 is 28.8 Å². The monoisotopic (exact) mass is 1770 g/mol. The molecule has 9 atom stereocenters. The molecule has 656 valence electrons. The largest absolute Gasteiger partial charge is 0.448 e. The lowest BCUT2D eigenvalue weighted by Crippen LogP contribution is -2.65. The number of carbonyl (C=O) groups excluding carboxylic acids is 14. The predicted molar refractivity (Wildman–Crippen MR) is 486 cm³/mol. The van der Waals surface area contributed by atoms with Crippen LogP contribution < -0.4 is 74.8 Å². The number of primary amides is 1. The molecule has 0 heterocycles. The van der Waals surface area contributed by atoms with Gasteiger partial charge in [-0.15, -0.1) is 0 Å². The molecule has 0 unspecified atom stereocenters. The topological polar surface area (TPSA) is 398 Å². The molecule has 28 nitrogen and oxygen atoms in total. The lowest BCUT2D eigenvalue weighted by Gasteiger charge is -2.39. The molecule has 0 fully saturated rings. The Morgan fingerprint density at radius 2 is 0.656 bits per heavy atom. The Balaban J connectivity index is 1.12. The van der Waals surface area contributed by atoms with Crippen molar-refractivity contribution in [3.8, 4) is 22.3 Å². The second kappa shape index (κ2) is 41.0. The maximum absolute atomic E-state index is 18.1. The van der Waals surface area contributed by atoms with Crippen LogP contribution in [0.1, 0.15) is 124 Å². The van der Waals surface area contributed by atoms with Crippen molar-refractivity contribution in [3.05, 3.63) is 241 Å². The van der Waals surface area contributed by atoms with Crippen LogP contribution in [-0.2, 0) is 90.6 Å². The minimum absolute atomic E-state index is 0.436. The van der Waals surface area contributed by atoms with Crippen LogP contribution in [-0.4, -0.2) is 184 Å². The summed E-state index contributed by atoms with van der Waals surface area (Å²) in [6.45, 7) is 16.8. The molecule has 11 N–H and O–H groups in total. The van der Waals surface area contributed by atoms with Crippen molar-refractivity contribution in [2.24, 2.45) is 11.7 Å². The van der Waals surface area contributed by atoms with Crippen molar-refractivity contribution < 1.29 is 76.6 Å². The first kappa shape index (κ1) is 94.9. The summed E-state index contributed by atoms with van der Waals surface area (Å²) in [5, 5.41) is 25.0. The summed E-state index contributed by atoms with van der Waals surface area (Å²) in [6.07, 6.45) is -4.36. The van der Waals surface area contributed by atoms with E-state index in [1.807, 2.05) is 97.1 Å². The van der Waals surface area contributed by atoms with Crippen LogP contribution in [0.3, 0.4) is 0 Å². The Bertz CT molecular complexity index is 5340. The fourth-order valence-corrected chi connectivity index (χ4v) is 23.0. The van der Waals surface area contributed by atoms with E-state index < -0.39 is 204 Å². The predicted octanol–water partition coefficient (Wildman–Crippen LogP) is 7.00. The third-order valence-electron chi connectivity index (χ3n) is 22.1. The molecular formula is C93H106N12O16P2S2. The fraction of sp³-hybridized carbons (Fsp3) is 0.333. The lowest BCUT2D eigenvalue weighted by atomic mass is 9.98. The highest BCUT2D eigenvalue weighted by Gasteiger charge is 2.51. The number of nitrogens with one attached hydrogen (secondary N) is 9. The zero-order valence-electron chi connectivity index (χ0n) is 71.8. The molecule has 2 aliphatic carbocycles. The van der Waals surface area contributed by atoms with E-state index in [2.05, 4.69) is 47.9 Å². The van der Waals surface area contributed by atoms with Crippen LogP contribution in [0.4, 0.5) is 9.59 Å². The van der Waals surface area contributed by atoms with Crippen molar-refractivity contribution >= 4 is 140 Å². The van der Waals surface area contributed by atoms with Gasteiger partial charge in [-0.1, -0.05) is 256 Å². The number of rotatable bonds is 35. The van der Waals surface area contributed by atoms with Crippen LogP contribution in [0, 0.1) is 5.92 Å². The van der Waals surface area contributed by atoms with Gasteiger partial charge in [0, 0.05) is 43.2 Å². The van der Waals surface area contributed by atoms with Gasteiger partial charge >= 0.3 is 12.2 Å². The molecule has 0 spiro atoms. The number of ether oxygens (including phenoxy) is 2. The first-order valence-corrected chi connectivity index (χ1v) is 47.0. The molecule has 0 saturated carbocycles. The molecular weight excluding hydrogens is 1670 g/mol. The van der Waals surface area contributed by atoms with Crippen molar-refractivity contribution in [2.45, 2.75) is 167 Å². The number of benzene rings is 8. The minimum atomic E-state index is -3.80. The van der Waals surface area contributed by atoms with Gasteiger partial charge in [0.15, 0.2) is 0 Å². The third-order valence-corrected chi connectivity index (χ3v) is 31.8. The summed E-state index contributed by atoms with van der Waals surface area (Å²) in [6, 6.07) is 42.2. The van der Waals surface area contributed by atoms with Gasteiger partial charge < -0.3 is 63.1 Å². The minimum Gasteiger partial charge on any atom is -0.448 e. The van der Waals surface area contributed by atoms with Gasteiger partial charge in [0.25, 0.3) is 11.8 Å². The van der Waals surface area contributed by atoms with Gasteiger partial charge in [-0.2, -0.15) is 0 Å². The average Bonchev–Trinajstić information content (AvgIpc) is 1.75. The number of nitrogens with two attached hydrogens (primary N) is 1. The average molecular weight is 1770 g/mol. The molecule has 8 aromatic rings. The number of imide groups is 2. The van der Waals surface area contributed by atoms with Gasteiger partial charge in [-0.25, -0.2) is 19.4 Å². The van der Waals surface area contributed by atoms with Crippen LogP contribution in [0.5, 0.6) is 0 Å². The first-order chi connectivity index (χ1) is 59.2. The molecule has 0 radical (unpaired) electrons. The normalized spacial score (nSPS) is 14.5. The van der Waals surface area contributed by atoms with Crippen LogP contribution in [0.2, 0.25) is 0 Å². The zero-order valence-corrected chi connectivity index (χ0v) is 75.2. The highest BCUT2D eigenvalue weighted by Crippen LogP contribution is 2.50. The number of hydrogen-bond acceptors (Lipinski definition) is 18. The zero-order chi connectivity index (χ0) is 91.2. The van der Waals surface area contributed by atoms with Gasteiger partial charge in [0.05, 0.1) is 0 Å². The Morgan fingerprint density at radius 1 is 0.360 bits per heavy atom. The Kier molecular flexibility index (Phi) is 31.1. The van der Waals surface area contributed by atoms with Crippen molar-refractivity contribution in [1.29, 1.82) is 0 Å². The van der Waals surface area contributed by atoms with Gasteiger partial charge in [-0.3, -0.25) is 57.5 Å². The first-order valence-electron chi connectivity index (χ1n) is 41.0. The smallest absolute Gasteiger partial charge is 0.417 e. The molecule has 0 aliphatic heterocycles. The summed E-state index contributed by atoms with van der Waals surface area (Å²) in [7, 11) is 0. The second-order valence-corrected chi connectivity index (χ2v) is 42.1. The molecule has 125 heavy (non-hydrogen) atoms. The lowest BCUT2D eigenvalue weighted by molar-refractivity contribution is -0.147. The second-order valence-electron chi connectivity index (χ2n) is 32.6. The number of hydrogen-bond donors (Lipinski definition) is 10. The SMILES string of the molecule is CC(=O)N[C@@H](C)C(=O)NC(C)(C)C(=O)N[C@@H](C)C(=O)N[C@H](C(=O)N[C@@H](C)C(=O)N[C@@H](C)C(=O)N(C(=O)OCC1c2ccccc2-c2ccccc21)[C@@H](CP(=S)(c1ccccc1)c1ccccc1)C(=O)N(C(=O)OCC1c2ccccc2-c2ccccc21)[C@@H](CP(=S)(c1ccccc1)c1ccccc1)C(=O)N[C@@H](C)C(=O)NC(C)(C)C(=O)N[C@@H](C)C(N)=O)C(C)C. The third kappa shape index (κ3) is 22.2. The molecule has 2 aliphatic rings. The molecule has 0 saturated heterocycles. The number of nitrogens with zero attached hydrogens (tertiary/aromatic N) is 2. The molecule has 14 amide bonds. The quantitative estimate of drug-likeness (QED) is 0.0179. The van der Waals surface area contributed by atoms with Gasteiger partial charge in [0.1, 0.15) is 78.7 Å². The molecule has 8 aromatic carbocycles. The summed E-state index contributed by atoms with van der Waals surface area (Å²) in [5.41, 5.74) is 8.32. The number of amides is 14. The van der Waals surface area contributed by atoms with E-state index in [4.69, 9.17) is 38.8 Å². The maximum Gasteiger partial charge on any atom is 0.417 e. The summed E-state index contributed by atoms with van der Waals surface area (Å²) in [5.74, 6) is -13.6. The van der Waals surface area contributed by atoms with Gasteiger partial charge in [0.2, 0.25) is 59.1 Å².